The van der Waals surface area contributed by atoms with Gasteiger partial charge in [0.2, 0.25) is 5.91 Å². The van der Waals surface area contributed by atoms with Gasteiger partial charge in [0, 0.05) is 37.2 Å². The maximum Gasteiger partial charge on any atom is 0.306 e. The predicted molar refractivity (Wildman–Crippen MR) is 83.8 cm³/mol. The van der Waals surface area contributed by atoms with Gasteiger partial charge in [-0.15, -0.1) is 0 Å². The highest BCUT2D eigenvalue weighted by Crippen LogP contribution is 2.40. The predicted octanol–water partition coefficient (Wildman–Crippen LogP) is 1.82. The van der Waals surface area contributed by atoms with Crippen LogP contribution in [-0.4, -0.2) is 37.6 Å². The lowest BCUT2D eigenvalue weighted by Crippen LogP contribution is -2.45. The first-order valence-electron chi connectivity index (χ1n) is 7.97. The monoisotopic (exact) mass is 302 g/mol. The number of amides is 1. The topological polar surface area (TPSA) is 58.6 Å². The molecule has 0 saturated carbocycles. The lowest BCUT2D eigenvalue weighted by Gasteiger charge is -2.33. The van der Waals surface area contributed by atoms with Crippen LogP contribution < -0.4 is 10.2 Å². The number of anilines is 1. The zero-order valence-corrected chi connectivity index (χ0v) is 12.9. The van der Waals surface area contributed by atoms with Gasteiger partial charge in [-0.25, -0.2) is 0 Å². The van der Waals surface area contributed by atoms with Gasteiger partial charge >= 0.3 is 5.97 Å². The standard InChI is InChI=1S/C17H22N2O3/c1-2-22-17(21)9-12-11-19(13-7-8-18-16(20)10-13)15-6-4-3-5-14(12)15/h3-6,12-13H,2,7-11H2,1H3,(H,18,20). The van der Waals surface area contributed by atoms with Crippen LogP contribution in [0.2, 0.25) is 0 Å². The Morgan fingerprint density at radius 1 is 1.41 bits per heavy atom. The van der Waals surface area contributed by atoms with E-state index >= 15 is 0 Å². The fraction of sp³-hybridized carbons (Fsp3) is 0.529. The van der Waals surface area contributed by atoms with E-state index in [2.05, 4.69) is 22.3 Å². The minimum atomic E-state index is -0.148. The van der Waals surface area contributed by atoms with Crippen LogP contribution in [0.25, 0.3) is 0 Å². The van der Waals surface area contributed by atoms with Crippen LogP contribution in [0.4, 0.5) is 5.69 Å². The van der Waals surface area contributed by atoms with E-state index in [4.69, 9.17) is 4.74 Å². The SMILES string of the molecule is CCOC(=O)CC1CN(C2CCNC(=O)C2)c2ccccc21. The summed E-state index contributed by atoms with van der Waals surface area (Å²) < 4.78 is 5.10. The first-order chi connectivity index (χ1) is 10.7. The van der Waals surface area contributed by atoms with Crippen molar-refractivity contribution in [1.29, 1.82) is 0 Å². The molecule has 0 aromatic heterocycles. The van der Waals surface area contributed by atoms with Crippen LogP contribution in [0.1, 0.15) is 37.7 Å². The second-order valence-electron chi connectivity index (χ2n) is 5.91. The summed E-state index contributed by atoms with van der Waals surface area (Å²) in [5, 5.41) is 2.88. The summed E-state index contributed by atoms with van der Waals surface area (Å²) in [6.07, 6.45) is 1.88. The Morgan fingerprint density at radius 2 is 2.23 bits per heavy atom. The van der Waals surface area contributed by atoms with Crippen molar-refractivity contribution in [2.75, 3.05) is 24.6 Å². The molecule has 1 aromatic rings. The van der Waals surface area contributed by atoms with E-state index in [-0.39, 0.29) is 23.8 Å². The number of hydrogen-bond donors (Lipinski definition) is 1. The summed E-state index contributed by atoms with van der Waals surface area (Å²) in [7, 11) is 0. The molecular weight excluding hydrogens is 280 g/mol. The molecule has 0 bridgehead atoms. The summed E-state index contributed by atoms with van der Waals surface area (Å²) in [4.78, 5) is 25.8. The normalized spacial score (nSPS) is 23.9. The van der Waals surface area contributed by atoms with E-state index in [0.717, 1.165) is 25.2 Å². The number of esters is 1. The zero-order chi connectivity index (χ0) is 15.5. The number of fused-ring (bicyclic) bond motifs is 1. The van der Waals surface area contributed by atoms with E-state index < -0.39 is 0 Å². The quantitative estimate of drug-likeness (QED) is 0.862. The molecular formula is C17H22N2O3. The lowest BCUT2D eigenvalue weighted by atomic mass is 9.98. The Kier molecular flexibility index (Phi) is 4.32. The highest BCUT2D eigenvalue weighted by atomic mass is 16.5. The second kappa shape index (κ2) is 6.38. The maximum absolute atomic E-state index is 11.8. The van der Waals surface area contributed by atoms with Crippen molar-refractivity contribution in [2.24, 2.45) is 0 Å². The van der Waals surface area contributed by atoms with E-state index in [0.29, 0.717) is 19.4 Å². The van der Waals surface area contributed by atoms with E-state index in [1.807, 2.05) is 19.1 Å². The Bertz CT molecular complexity index is 573. The molecule has 118 valence electrons. The third-order valence-corrected chi connectivity index (χ3v) is 4.48. The second-order valence-corrected chi connectivity index (χ2v) is 5.91. The van der Waals surface area contributed by atoms with Crippen LogP contribution in [0.5, 0.6) is 0 Å². The maximum atomic E-state index is 11.8. The lowest BCUT2D eigenvalue weighted by molar-refractivity contribution is -0.143. The fourth-order valence-corrected chi connectivity index (χ4v) is 3.50. The summed E-state index contributed by atoms with van der Waals surface area (Å²) in [6, 6.07) is 8.42. The summed E-state index contributed by atoms with van der Waals surface area (Å²) in [5.74, 6) is 0.119. The molecule has 2 heterocycles. The van der Waals surface area contributed by atoms with Crippen molar-refractivity contribution in [3.8, 4) is 0 Å². The van der Waals surface area contributed by atoms with E-state index in [9.17, 15) is 9.59 Å². The average Bonchev–Trinajstić information content (AvgIpc) is 2.87. The molecule has 2 atom stereocenters. The molecule has 1 amide bonds. The van der Waals surface area contributed by atoms with E-state index in [1.165, 1.54) is 5.56 Å². The number of carbonyl (C=O) groups excluding carboxylic acids is 2. The largest absolute Gasteiger partial charge is 0.466 e. The van der Waals surface area contributed by atoms with Crippen molar-refractivity contribution in [1.82, 2.24) is 5.32 Å². The third-order valence-electron chi connectivity index (χ3n) is 4.48. The molecule has 2 aliphatic rings. The molecule has 5 nitrogen and oxygen atoms in total. The van der Waals surface area contributed by atoms with Gasteiger partial charge in [-0.05, 0) is 25.0 Å². The number of nitrogens with one attached hydrogen (secondary N) is 1. The van der Waals surface area contributed by atoms with Crippen LogP contribution in [0, 0.1) is 0 Å². The summed E-state index contributed by atoms with van der Waals surface area (Å²) >= 11 is 0. The van der Waals surface area contributed by atoms with Crippen molar-refractivity contribution < 1.29 is 14.3 Å². The molecule has 0 aliphatic carbocycles. The van der Waals surface area contributed by atoms with Gasteiger partial charge < -0.3 is 15.0 Å². The molecule has 1 aromatic carbocycles. The van der Waals surface area contributed by atoms with Gasteiger partial charge in [0.15, 0.2) is 0 Å². The molecule has 0 spiro atoms. The van der Waals surface area contributed by atoms with Gasteiger partial charge in [-0.1, -0.05) is 18.2 Å². The number of hydrogen-bond acceptors (Lipinski definition) is 4. The van der Waals surface area contributed by atoms with Gasteiger partial charge in [0.05, 0.1) is 13.0 Å². The van der Waals surface area contributed by atoms with Crippen molar-refractivity contribution >= 4 is 17.6 Å². The molecule has 1 fully saturated rings. The molecule has 22 heavy (non-hydrogen) atoms. The van der Waals surface area contributed by atoms with Gasteiger partial charge in [0.25, 0.3) is 0 Å². The fourth-order valence-electron chi connectivity index (χ4n) is 3.50. The minimum Gasteiger partial charge on any atom is -0.466 e. The average molecular weight is 302 g/mol. The first-order valence-corrected chi connectivity index (χ1v) is 7.97. The molecule has 0 radical (unpaired) electrons. The number of ether oxygens (including phenoxy) is 1. The molecule has 1 N–H and O–H groups in total. The van der Waals surface area contributed by atoms with Crippen molar-refractivity contribution in [2.45, 2.75) is 38.1 Å². The number of piperidine rings is 1. The Balaban J connectivity index is 1.79. The highest BCUT2D eigenvalue weighted by Gasteiger charge is 2.35. The smallest absolute Gasteiger partial charge is 0.306 e. The first kappa shape index (κ1) is 14.9. The number of benzene rings is 1. The van der Waals surface area contributed by atoms with Crippen molar-refractivity contribution in [3.05, 3.63) is 29.8 Å². The Morgan fingerprint density at radius 3 is 3.00 bits per heavy atom. The van der Waals surface area contributed by atoms with Crippen molar-refractivity contribution in [3.63, 3.8) is 0 Å². The summed E-state index contributed by atoms with van der Waals surface area (Å²) in [5.41, 5.74) is 2.36. The van der Waals surface area contributed by atoms with E-state index in [1.54, 1.807) is 0 Å². The molecule has 1 saturated heterocycles. The van der Waals surface area contributed by atoms with Crippen LogP contribution >= 0.6 is 0 Å². The number of carbonyl (C=O) groups is 2. The Hall–Kier alpha value is -2.04. The molecule has 5 heteroatoms. The van der Waals surface area contributed by atoms with Gasteiger partial charge in [0.1, 0.15) is 0 Å². The molecule has 2 aliphatic heterocycles. The number of nitrogens with zero attached hydrogens (tertiary/aromatic N) is 1. The van der Waals surface area contributed by atoms with Crippen LogP contribution in [-0.2, 0) is 14.3 Å². The van der Waals surface area contributed by atoms with Crippen LogP contribution in [0.3, 0.4) is 0 Å². The minimum absolute atomic E-state index is 0.113. The molecule has 2 unspecified atom stereocenters. The zero-order valence-electron chi connectivity index (χ0n) is 12.9. The van der Waals surface area contributed by atoms with Crippen LogP contribution in [0.15, 0.2) is 24.3 Å². The molecule has 3 rings (SSSR count). The third kappa shape index (κ3) is 2.93. The summed E-state index contributed by atoms with van der Waals surface area (Å²) in [6.45, 7) is 3.76. The Labute approximate surface area is 130 Å². The highest BCUT2D eigenvalue weighted by molar-refractivity contribution is 5.79. The number of rotatable bonds is 4. The van der Waals surface area contributed by atoms with Gasteiger partial charge in [-0.2, -0.15) is 0 Å². The van der Waals surface area contributed by atoms with Gasteiger partial charge in [-0.3, -0.25) is 9.59 Å². The number of para-hydroxylation sites is 1.